The van der Waals surface area contributed by atoms with Gasteiger partial charge < -0.3 is 5.73 Å². The molecule has 0 atom stereocenters. The van der Waals surface area contributed by atoms with E-state index in [-0.39, 0.29) is 10.6 Å². The van der Waals surface area contributed by atoms with Crippen molar-refractivity contribution in [2.45, 2.75) is 13.0 Å². The maximum absolute atomic E-state index is 10.8. The molecule has 0 aliphatic carbocycles. The van der Waals surface area contributed by atoms with Gasteiger partial charge >= 0.3 is 0 Å². The number of rotatable bonds is 8. The minimum Gasteiger partial charge on any atom is -0.329 e. The van der Waals surface area contributed by atoms with Gasteiger partial charge in [-0.05, 0) is 17.5 Å². The molecule has 0 heterocycles. The minimum absolute atomic E-state index is 0.133. The molecule has 0 saturated heterocycles. The van der Waals surface area contributed by atoms with E-state index in [1.165, 1.54) is 11.6 Å². The number of non-ortho nitro benzene ring substituents is 1. The Hall–Kier alpha value is -2.24. The van der Waals surface area contributed by atoms with Gasteiger partial charge in [0.2, 0.25) is 0 Å². The van der Waals surface area contributed by atoms with E-state index in [9.17, 15) is 10.1 Å². The van der Waals surface area contributed by atoms with Gasteiger partial charge in [-0.25, -0.2) is 0 Å². The van der Waals surface area contributed by atoms with Crippen molar-refractivity contribution in [2.24, 2.45) is 5.73 Å². The third-order valence-electron chi connectivity index (χ3n) is 3.53. The Morgan fingerprint density at radius 1 is 1.00 bits per heavy atom. The van der Waals surface area contributed by atoms with Crippen molar-refractivity contribution in [3.05, 3.63) is 75.8 Å². The molecule has 0 saturated carbocycles. The zero-order valence-corrected chi connectivity index (χ0v) is 12.5. The molecule has 0 fully saturated rings. The zero-order chi connectivity index (χ0) is 15.8. The van der Waals surface area contributed by atoms with Crippen LogP contribution in [0.5, 0.6) is 0 Å². The lowest BCUT2D eigenvalue weighted by Gasteiger charge is -2.21. The monoisotopic (exact) mass is 299 g/mol. The Labute approximate surface area is 130 Å². The molecule has 5 heteroatoms. The van der Waals surface area contributed by atoms with Gasteiger partial charge in [0, 0.05) is 38.3 Å². The van der Waals surface area contributed by atoms with Crippen LogP contribution in [0, 0.1) is 10.1 Å². The fourth-order valence-corrected chi connectivity index (χ4v) is 2.41. The van der Waals surface area contributed by atoms with E-state index in [1.54, 1.807) is 12.1 Å². The first kappa shape index (κ1) is 16.1. The first-order valence-electron chi connectivity index (χ1n) is 7.38. The molecule has 5 nitrogen and oxygen atoms in total. The predicted octanol–water partition coefficient (Wildman–Crippen LogP) is 2.60. The summed E-state index contributed by atoms with van der Waals surface area (Å²) in [6.07, 6.45) is 0.940. The number of benzene rings is 2. The Bertz CT molecular complexity index is 602. The molecule has 2 N–H and O–H groups in total. The zero-order valence-electron chi connectivity index (χ0n) is 12.5. The molecule has 0 bridgehead atoms. The summed E-state index contributed by atoms with van der Waals surface area (Å²) in [5.41, 5.74) is 8.03. The van der Waals surface area contributed by atoms with Crippen LogP contribution >= 0.6 is 0 Å². The van der Waals surface area contributed by atoms with Gasteiger partial charge in [0.1, 0.15) is 0 Å². The summed E-state index contributed by atoms with van der Waals surface area (Å²) in [4.78, 5) is 12.7. The largest absolute Gasteiger partial charge is 0.329 e. The van der Waals surface area contributed by atoms with Gasteiger partial charge in [-0.3, -0.25) is 15.0 Å². The summed E-state index contributed by atoms with van der Waals surface area (Å²) in [7, 11) is 0. The van der Waals surface area contributed by atoms with Crippen LogP contribution in [0.4, 0.5) is 5.69 Å². The van der Waals surface area contributed by atoms with Gasteiger partial charge in [-0.15, -0.1) is 0 Å². The van der Waals surface area contributed by atoms with Crippen LogP contribution in [0.2, 0.25) is 0 Å². The standard InChI is InChI=1S/C17H21N3O2/c18-10-12-19(11-9-15-5-2-1-3-6-15)14-16-7-4-8-17(13-16)20(21)22/h1-8,13H,9-12,14,18H2. The Balaban J connectivity index is 1.99. The molecular formula is C17H21N3O2. The lowest BCUT2D eigenvalue weighted by atomic mass is 10.1. The van der Waals surface area contributed by atoms with Gasteiger partial charge in [0.25, 0.3) is 5.69 Å². The Morgan fingerprint density at radius 2 is 1.73 bits per heavy atom. The van der Waals surface area contributed by atoms with Crippen molar-refractivity contribution in [1.29, 1.82) is 0 Å². The molecule has 0 unspecified atom stereocenters. The second-order valence-corrected chi connectivity index (χ2v) is 5.23. The number of nitro benzene ring substituents is 1. The second kappa shape index (κ2) is 8.26. The van der Waals surface area contributed by atoms with Crippen LogP contribution in [0.15, 0.2) is 54.6 Å². The highest BCUT2D eigenvalue weighted by atomic mass is 16.6. The van der Waals surface area contributed by atoms with Crippen molar-refractivity contribution in [3.63, 3.8) is 0 Å². The van der Waals surface area contributed by atoms with E-state index in [4.69, 9.17) is 5.73 Å². The maximum atomic E-state index is 10.8. The van der Waals surface area contributed by atoms with E-state index in [1.807, 2.05) is 24.3 Å². The van der Waals surface area contributed by atoms with E-state index >= 15 is 0 Å². The van der Waals surface area contributed by atoms with Crippen molar-refractivity contribution < 1.29 is 4.92 Å². The van der Waals surface area contributed by atoms with Crippen molar-refractivity contribution in [2.75, 3.05) is 19.6 Å². The third-order valence-corrected chi connectivity index (χ3v) is 3.53. The van der Waals surface area contributed by atoms with Gasteiger partial charge in [-0.2, -0.15) is 0 Å². The summed E-state index contributed by atoms with van der Waals surface area (Å²) in [5, 5.41) is 10.8. The Morgan fingerprint density at radius 3 is 2.41 bits per heavy atom. The molecule has 2 aromatic carbocycles. The number of nitrogens with zero attached hydrogens (tertiary/aromatic N) is 2. The van der Waals surface area contributed by atoms with E-state index < -0.39 is 0 Å². The molecule has 0 aliphatic heterocycles. The van der Waals surface area contributed by atoms with Crippen molar-refractivity contribution >= 4 is 5.69 Å². The summed E-state index contributed by atoms with van der Waals surface area (Å²) < 4.78 is 0. The highest BCUT2D eigenvalue weighted by Crippen LogP contribution is 2.15. The topological polar surface area (TPSA) is 72.4 Å². The Kier molecular flexibility index (Phi) is 6.06. The lowest BCUT2D eigenvalue weighted by Crippen LogP contribution is -2.31. The van der Waals surface area contributed by atoms with Gasteiger partial charge in [-0.1, -0.05) is 42.5 Å². The van der Waals surface area contributed by atoms with Crippen molar-refractivity contribution in [3.8, 4) is 0 Å². The number of nitro groups is 1. The number of hydrogen-bond donors (Lipinski definition) is 1. The average Bonchev–Trinajstić information content (AvgIpc) is 2.54. The molecule has 116 valence electrons. The number of nitrogens with two attached hydrogens (primary N) is 1. The quantitative estimate of drug-likeness (QED) is 0.600. The van der Waals surface area contributed by atoms with Crippen LogP contribution in [-0.4, -0.2) is 29.5 Å². The molecule has 0 aromatic heterocycles. The first-order valence-corrected chi connectivity index (χ1v) is 7.38. The second-order valence-electron chi connectivity index (χ2n) is 5.23. The van der Waals surface area contributed by atoms with Crippen LogP contribution in [-0.2, 0) is 13.0 Å². The summed E-state index contributed by atoms with van der Waals surface area (Å²) in [6.45, 7) is 2.90. The summed E-state index contributed by atoms with van der Waals surface area (Å²) >= 11 is 0. The molecule has 0 amide bonds. The normalized spacial score (nSPS) is 10.8. The third kappa shape index (κ3) is 4.95. The molecule has 0 aliphatic rings. The SMILES string of the molecule is NCCN(CCc1ccccc1)Cc1cccc([N+](=O)[O-])c1. The average molecular weight is 299 g/mol. The van der Waals surface area contributed by atoms with Crippen LogP contribution < -0.4 is 5.73 Å². The van der Waals surface area contributed by atoms with Crippen LogP contribution in [0.25, 0.3) is 0 Å². The summed E-state index contributed by atoms with van der Waals surface area (Å²) in [5.74, 6) is 0. The molecular weight excluding hydrogens is 278 g/mol. The van der Waals surface area contributed by atoms with Gasteiger partial charge in [0.15, 0.2) is 0 Å². The minimum atomic E-state index is -0.360. The molecule has 0 radical (unpaired) electrons. The summed E-state index contributed by atoms with van der Waals surface area (Å²) in [6, 6.07) is 17.1. The van der Waals surface area contributed by atoms with Crippen LogP contribution in [0.3, 0.4) is 0 Å². The molecule has 22 heavy (non-hydrogen) atoms. The highest BCUT2D eigenvalue weighted by molar-refractivity contribution is 5.34. The fraction of sp³-hybridized carbons (Fsp3) is 0.294. The van der Waals surface area contributed by atoms with E-state index in [0.29, 0.717) is 13.1 Å². The van der Waals surface area contributed by atoms with Crippen molar-refractivity contribution in [1.82, 2.24) is 4.90 Å². The predicted molar refractivity (Wildman–Crippen MR) is 87.6 cm³/mol. The molecule has 2 aromatic rings. The van der Waals surface area contributed by atoms with Crippen LogP contribution in [0.1, 0.15) is 11.1 Å². The fourth-order valence-electron chi connectivity index (χ4n) is 2.41. The smallest absolute Gasteiger partial charge is 0.269 e. The molecule has 0 spiro atoms. The van der Waals surface area contributed by atoms with E-state index in [2.05, 4.69) is 17.0 Å². The number of hydrogen-bond acceptors (Lipinski definition) is 4. The van der Waals surface area contributed by atoms with E-state index in [0.717, 1.165) is 25.1 Å². The molecule has 2 rings (SSSR count). The first-order chi connectivity index (χ1) is 10.7. The lowest BCUT2D eigenvalue weighted by molar-refractivity contribution is -0.384. The maximum Gasteiger partial charge on any atom is 0.269 e. The highest BCUT2D eigenvalue weighted by Gasteiger charge is 2.09. The van der Waals surface area contributed by atoms with Gasteiger partial charge in [0.05, 0.1) is 4.92 Å².